The molecular weight excluding hydrogens is 204 g/mol. The van der Waals surface area contributed by atoms with Crippen LogP contribution in [0.2, 0.25) is 0 Å². The summed E-state index contributed by atoms with van der Waals surface area (Å²) in [5.41, 5.74) is 5.32. The second kappa shape index (κ2) is 7.67. The Balaban J connectivity index is 0.000000284. The van der Waals surface area contributed by atoms with E-state index in [0.29, 0.717) is 0 Å². The second-order valence-electron chi connectivity index (χ2n) is 4.31. The van der Waals surface area contributed by atoms with Crippen molar-refractivity contribution in [2.75, 3.05) is 0 Å². The Morgan fingerprint density at radius 1 is 0.412 bits per heavy atom. The number of rotatable bonds is 0. The third kappa shape index (κ3) is 6.57. The van der Waals surface area contributed by atoms with Crippen molar-refractivity contribution in [2.45, 2.75) is 35.1 Å². The molecule has 0 heterocycles. The van der Waals surface area contributed by atoms with Crippen LogP contribution in [0.3, 0.4) is 0 Å². The highest BCUT2D eigenvalue weighted by Crippen LogP contribution is 2.00. The van der Waals surface area contributed by atoms with Crippen LogP contribution in [0.5, 0.6) is 0 Å². The molecular formula is C17H24. The Kier molecular flexibility index (Phi) is 6.97. The van der Waals surface area contributed by atoms with Gasteiger partial charge in [-0.05, 0) is 27.7 Å². The molecule has 0 radical (unpaired) electrons. The lowest BCUT2D eigenvalue weighted by atomic mass is 10.2. The van der Waals surface area contributed by atoms with Gasteiger partial charge in [0, 0.05) is 0 Å². The number of benzene rings is 2. The zero-order valence-corrected chi connectivity index (χ0v) is 10.6. The lowest BCUT2D eigenvalue weighted by Crippen LogP contribution is -1.70. The molecule has 2 aromatic rings. The molecule has 0 fully saturated rings. The molecule has 0 saturated heterocycles. The van der Waals surface area contributed by atoms with Crippen LogP contribution >= 0.6 is 0 Å². The minimum atomic E-state index is 0. The maximum atomic E-state index is 2.12. The van der Waals surface area contributed by atoms with Crippen molar-refractivity contribution in [1.82, 2.24) is 0 Å². The summed E-state index contributed by atoms with van der Waals surface area (Å²) < 4.78 is 0. The zero-order chi connectivity index (χ0) is 12.0. The van der Waals surface area contributed by atoms with Crippen molar-refractivity contribution in [1.29, 1.82) is 0 Å². The van der Waals surface area contributed by atoms with Crippen LogP contribution in [0, 0.1) is 27.7 Å². The van der Waals surface area contributed by atoms with Gasteiger partial charge in [0.2, 0.25) is 0 Å². The van der Waals surface area contributed by atoms with Crippen LogP contribution in [-0.4, -0.2) is 0 Å². The van der Waals surface area contributed by atoms with Crippen LogP contribution < -0.4 is 0 Å². The molecule has 0 saturated carbocycles. The van der Waals surface area contributed by atoms with E-state index in [1.54, 1.807) is 0 Å². The molecule has 0 aliphatic carbocycles. The van der Waals surface area contributed by atoms with Gasteiger partial charge in [-0.1, -0.05) is 78.2 Å². The van der Waals surface area contributed by atoms with E-state index in [9.17, 15) is 0 Å². The van der Waals surface area contributed by atoms with E-state index in [1.807, 2.05) is 0 Å². The van der Waals surface area contributed by atoms with Gasteiger partial charge in [0.1, 0.15) is 0 Å². The SMILES string of the molecule is C.Cc1ccc(C)cc1.Cc1ccc(C)cc1. The van der Waals surface area contributed by atoms with Crippen LogP contribution in [0.25, 0.3) is 0 Å². The summed E-state index contributed by atoms with van der Waals surface area (Å²) in [5.74, 6) is 0. The third-order valence-corrected chi connectivity index (χ3v) is 2.44. The molecule has 0 atom stereocenters. The fourth-order valence-corrected chi connectivity index (χ4v) is 1.27. The Hall–Kier alpha value is -1.56. The van der Waals surface area contributed by atoms with Gasteiger partial charge in [-0.25, -0.2) is 0 Å². The Labute approximate surface area is 106 Å². The quantitative estimate of drug-likeness (QED) is 0.578. The van der Waals surface area contributed by atoms with Crippen molar-refractivity contribution in [3.63, 3.8) is 0 Å². The second-order valence-corrected chi connectivity index (χ2v) is 4.31. The van der Waals surface area contributed by atoms with Crippen molar-refractivity contribution < 1.29 is 0 Å². The number of aryl methyl sites for hydroxylation is 4. The average molecular weight is 228 g/mol. The van der Waals surface area contributed by atoms with E-state index in [0.717, 1.165) is 0 Å². The molecule has 2 rings (SSSR count). The molecule has 0 bridgehead atoms. The van der Waals surface area contributed by atoms with E-state index in [2.05, 4.69) is 76.2 Å². The first-order valence-electron chi connectivity index (χ1n) is 5.64. The van der Waals surface area contributed by atoms with Gasteiger partial charge in [0.15, 0.2) is 0 Å². The molecule has 0 N–H and O–H groups in total. The van der Waals surface area contributed by atoms with E-state index in [-0.39, 0.29) is 7.43 Å². The normalized spacial score (nSPS) is 8.71. The predicted octanol–water partition coefficient (Wildman–Crippen LogP) is 5.24. The fourth-order valence-electron chi connectivity index (χ4n) is 1.27. The smallest absolute Gasteiger partial charge is 0.0398 e. The van der Waals surface area contributed by atoms with Gasteiger partial charge in [-0.15, -0.1) is 0 Å². The molecule has 0 aliphatic heterocycles. The lowest BCUT2D eigenvalue weighted by Gasteiger charge is -1.90. The molecule has 0 amide bonds. The minimum absolute atomic E-state index is 0. The van der Waals surface area contributed by atoms with E-state index in [4.69, 9.17) is 0 Å². The molecule has 92 valence electrons. The highest BCUT2D eigenvalue weighted by atomic mass is 13.9. The first-order valence-corrected chi connectivity index (χ1v) is 5.64. The van der Waals surface area contributed by atoms with E-state index in [1.165, 1.54) is 22.3 Å². The van der Waals surface area contributed by atoms with Crippen molar-refractivity contribution in [3.8, 4) is 0 Å². The van der Waals surface area contributed by atoms with Gasteiger partial charge in [0.05, 0.1) is 0 Å². The van der Waals surface area contributed by atoms with Crippen molar-refractivity contribution in [3.05, 3.63) is 70.8 Å². The lowest BCUT2D eigenvalue weighted by molar-refractivity contribution is 1.40. The minimum Gasteiger partial charge on any atom is -0.0776 e. The summed E-state index contributed by atoms with van der Waals surface area (Å²) in [6.45, 7) is 8.39. The van der Waals surface area contributed by atoms with Crippen LogP contribution in [-0.2, 0) is 0 Å². The Bertz CT molecular complexity index is 321. The first-order chi connectivity index (χ1) is 7.58. The molecule has 2 aromatic carbocycles. The maximum absolute atomic E-state index is 2.12. The zero-order valence-electron chi connectivity index (χ0n) is 10.6. The standard InChI is InChI=1S/2C8H10.CH4/c2*1-7-3-5-8(2)6-4-7;/h2*3-6H,1-2H3;1H4. The van der Waals surface area contributed by atoms with Gasteiger partial charge in [0.25, 0.3) is 0 Å². The van der Waals surface area contributed by atoms with Crippen LogP contribution in [0.4, 0.5) is 0 Å². The summed E-state index contributed by atoms with van der Waals surface area (Å²) in [4.78, 5) is 0. The van der Waals surface area contributed by atoms with Gasteiger partial charge < -0.3 is 0 Å². The highest BCUT2D eigenvalue weighted by Gasteiger charge is 1.80. The molecule has 0 unspecified atom stereocenters. The van der Waals surface area contributed by atoms with Crippen molar-refractivity contribution >= 4 is 0 Å². The molecule has 17 heavy (non-hydrogen) atoms. The molecule has 0 nitrogen and oxygen atoms in total. The average Bonchev–Trinajstić information content (AvgIpc) is 2.28. The molecule has 0 aromatic heterocycles. The molecule has 0 aliphatic rings. The summed E-state index contributed by atoms with van der Waals surface area (Å²) in [7, 11) is 0. The van der Waals surface area contributed by atoms with Crippen LogP contribution in [0.15, 0.2) is 48.5 Å². The first kappa shape index (κ1) is 15.4. The largest absolute Gasteiger partial charge is 0.0776 e. The van der Waals surface area contributed by atoms with Crippen molar-refractivity contribution in [2.24, 2.45) is 0 Å². The number of hydrogen-bond donors (Lipinski definition) is 0. The van der Waals surface area contributed by atoms with Gasteiger partial charge in [-0.3, -0.25) is 0 Å². The van der Waals surface area contributed by atoms with Gasteiger partial charge >= 0.3 is 0 Å². The highest BCUT2D eigenvalue weighted by molar-refractivity contribution is 5.20. The van der Waals surface area contributed by atoms with Gasteiger partial charge in [-0.2, -0.15) is 0 Å². The monoisotopic (exact) mass is 228 g/mol. The number of hydrogen-bond acceptors (Lipinski definition) is 0. The summed E-state index contributed by atoms with van der Waals surface area (Å²) in [6, 6.07) is 17.0. The van der Waals surface area contributed by atoms with Crippen LogP contribution in [0.1, 0.15) is 29.7 Å². The Morgan fingerprint density at radius 3 is 0.647 bits per heavy atom. The van der Waals surface area contributed by atoms with E-state index < -0.39 is 0 Å². The Morgan fingerprint density at radius 2 is 0.529 bits per heavy atom. The summed E-state index contributed by atoms with van der Waals surface area (Å²) >= 11 is 0. The van der Waals surface area contributed by atoms with E-state index >= 15 is 0 Å². The fraction of sp³-hybridized carbons (Fsp3) is 0.294. The summed E-state index contributed by atoms with van der Waals surface area (Å²) in [5, 5.41) is 0. The maximum Gasteiger partial charge on any atom is -0.0398 e. The molecule has 0 spiro atoms. The summed E-state index contributed by atoms with van der Waals surface area (Å²) in [6.07, 6.45) is 0. The molecule has 0 heteroatoms. The predicted molar refractivity (Wildman–Crippen MR) is 78.6 cm³/mol. The topological polar surface area (TPSA) is 0 Å². The third-order valence-electron chi connectivity index (χ3n) is 2.44.